The van der Waals surface area contributed by atoms with E-state index >= 15 is 0 Å². The summed E-state index contributed by atoms with van der Waals surface area (Å²) in [7, 11) is -5.09. The number of hydrogen-bond donors (Lipinski definition) is 0. The SMILES string of the molecule is CC(=O)Oc1ccccc1C(=O)S(=O)(=O)[O-].[Na+]. The maximum atomic E-state index is 11.2. The van der Waals surface area contributed by atoms with Gasteiger partial charge in [0, 0.05) is 6.92 Å². The Morgan fingerprint density at radius 2 is 1.76 bits per heavy atom. The minimum Gasteiger partial charge on any atom is -0.742 e. The van der Waals surface area contributed by atoms with Gasteiger partial charge < -0.3 is 9.29 Å². The van der Waals surface area contributed by atoms with Gasteiger partial charge in [-0.1, -0.05) is 12.1 Å². The summed E-state index contributed by atoms with van der Waals surface area (Å²) >= 11 is 0. The van der Waals surface area contributed by atoms with Crippen molar-refractivity contribution in [1.29, 1.82) is 0 Å². The van der Waals surface area contributed by atoms with Gasteiger partial charge in [-0.3, -0.25) is 9.59 Å². The Balaban J connectivity index is 0.00000256. The molecule has 0 unspecified atom stereocenters. The molecule has 86 valence electrons. The average Bonchev–Trinajstić information content (AvgIpc) is 2.15. The van der Waals surface area contributed by atoms with Crippen LogP contribution in [-0.2, 0) is 14.9 Å². The van der Waals surface area contributed by atoms with Gasteiger partial charge in [-0.2, -0.15) is 0 Å². The zero-order chi connectivity index (χ0) is 12.3. The Hall–Kier alpha value is -0.730. The van der Waals surface area contributed by atoms with Crippen molar-refractivity contribution in [2.75, 3.05) is 0 Å². The summed E-state index contributed by atoms with van der Waals surface area (Å²) in [5.74, 6) is -0.969. The Kier molecular flexibility index (Phi) is 6.00. The number of para-hydroxylation sites is 1. The maximum Gasteiger partial charge on any atom is 1.00 e. The normalized spacial score (nSPS) is 10.2. The Bertz CT molecular complexity index is 536. The number of carbonyl (C=O) groups is 2. The Morgan fingerprint density at radius 3 is 2.24 bits per heavy atom. The van der Waals surface area contributed by atoms with Crippen LogP contribution in [0.15, 0.2) is 24.3 Å². The van der Waals surface area contributed by atoms with E-state index in [0.29, 0.717) is 0 Å². The van der Waals surface area contributed by atoms with Gasteiger partial charge >= 0.3 is 35.5 Å². The molecule has 0 aliphatic carbocycles. The van der Waals surface area contributed by atoms with Crippen LogP contribution in [0.1, 0.15) is 17.3 Å². The van der Waals surface area contributed by atoms with Crippen LogP contribution in [0.5, 0.6) is 5.75 Å². The molecule has 0 aromatic heterocycles. The van der Waals surface area contributed by atoms with Crippen LogP contribution in [0, 0.1) is 0 Å². The van der Waals surface area contributed by atoms with Gasteiger partial charge in [-0.15, -0.1) is 0 Å². The van der Waals surface area contributed by atoms with E-state index in [1.165, 1.54) is 18.2 Å². The minimum atomic E-state index is -5.09. The Morgan fingerprint density at radius 1 is 1.24 bits per heavy atom. The molecule has 0 atom stereocenters. The monoisotopic (exact) mass is 266 g/mol. The van der Waals surface area contributed by atoms with E-state index < -0.39 is 26.8 Å². The van der Waals surface area contributed by atoms with Crippen LogP contribution in [0.4, 0.5) is 0 Å². The van der Waals surface area contributed by atoms with Crippen molar-refractivity contribution in [3.8, 4) is 5.75 Å². The number of benzene rings is 1. The van der Waals surface area contributed by atoms with Crippen molar-refractivity contribution >= 4 is 21.2 Å². The molecule has 0 heterocycles. The second-order valence-corrected chi connectivity index (χ2v) is 4.11. The zero-order valence-corrected chi connectivity index (χ0v) is 12.0. The molecule has 1 aromatic rings. The van der Waals surface area contributed by atoms with Crippen molar-refractivity contribution in [2.24, 2.45) is 0 Å². The minimum absolute atomic E-state index is 0. The van der Waals surface area contributed by atoms with Gasteiger partial charge in [0.1, 0.15) is 5.75 Å². The van der Waals surface area contributed by atoms with Gasteiger partial charge in [0.15, 0.2) is 10.1 Å². The number of rotatable bonds is 2. The summed E-state index contributed by atoms with van der Waals surface area (Å²) < 4.78 is 36.2. The van der Waals surface area contributed by atoms with E-state index in [4.69, 9.17) is 0 Å². The fourth-order valence-corrected chi connectivity index (χ4v) is 1.45. The first-order valence-corrected chi connectivity index (χ1v) is 5.51. The number of carbonyl (C=O) groups excluding carboxylic acids is 2. The molecule has 0 saturated carbocycles. The molecule has 0 bridgehead atoms. The van der Waals surface area contributed by atoms with Crippen molar-refractivity contribution in [3.63, 3.8) is 0 Å². The van der Waals surface area contributed by atoms with Gasteiger partial charge in [0.05, 0.1) is 5.56 Å². The van der Waals surface area contributed by atoms with E-state index in [1.807, 2.05) is 0 Å². The predicted octanol–water partition coefficient (Wildman–Crippen LogP) is -2.70. The molecule has 0 saturated heterocycles. The van der Waals surface area contributed by atoms with E-state index in [2.05, 4.69) is 4.74 Å². The largest absolute Gasteiger partial charge is 1.00 e. The first-order chi connectivity index (χ1) is 7.32. The fraction of sp³-hybridized carbons (Fsp3) is 0.111. The Labute approximate surface area is 120 Å². The topological polar surface area (TPSA) is 101 Å². The number of esters is 1. The molecule has 1 rings (SSSR count). The van der Waals surface area contributed by atoms with Gasteiger partial charge in [-0.25, -0.2) is 8.42 Å². The zero-order valence-electron chi connectivity index (χ0n) is 9.17. The molecular weight excluding hydrogens is 259 g/mol. The van der Waals surface area contributed by atoms with Crippen LogP contribution in [0.2, 0.25) is 0 Å². The van der Waals surface area contributed by atoms with Gasteiger partial charge in [-0.05, 0) is 12.1 Å². The molecule has 0 aliphatic rings. The van der Waals surface area contributed by atoms with Gasteiger partial charge in [0.2, 0.25) is 0 Å². The smallest absolute Gasteiger partial charge is 0.742 e. The van der Waals surface area contributed by atoms with Crippen molar-refractivity contribution in [3.05, 3.63) is 29.8 Å². The quantitative estimate of drug-likeness (QED) is 0.250. The average molecular weight is 266 g/mol. The van der Waals surface area contributed by atoms with Crippen molar-refractivity contribution in [1.82, 2.24) is 0 Å². The van der Waals surface area contributed by atoms with Crippen LogP contribution in [0.25, 0.3) is 0 Å². The second-order valence-electron chi connectivity index (χ2n) is 2.83. The summed E-state index contributed by atoms with van der Waals surface area (Å²) in [6, 6.07) is 5.10. The first kappa shape index (κ1) is 16.3. The molecule has 0 aliphatic heterocycles. The van der Waals surface area contributed by atoms with Crippen molar-refractivity contribution < 1.29 is 56.9 Å². The molecule has 0 amide bonds. The summed E-state index contributed by atoms with van der Waals surface area (Å²) in [4.78, 5) is 21.9. The molecule has 0 spiro atoms. The summed E-state index contributed by atoms with van der Waals surface area (Å²) in [6.07, 6.45) is 0. The van der Waals surface area contributed by atoms with E-state index in [-0.39, 0.29) is 35.3 Å². The van der Waals surface area contributed by atoms with Crippen LogP contribution in [-0.4, -0.2) is 24.1 Å². The number of hydrogen-bond acceptors (Lipinski definition) is 6. The fourth-order valence-electron chi connectivity index (χ4n) is 1.01. The predicted molar refractivity (Wildman–Crippen MR) is 51.8 cm³/mol. The summed E-state index contributed by atoms with van der Waals surface area (Å²) in [5.41, 5.74) is -0.451. The maximum absolute atomic E-state index is 11.2. The molecule has 1 aromatic carbocycles. The third-order valence-electron chi connectivity index (χ3n) is 1.59. The molecule has 0 fully saturated rings. The van der Waals surface area contributed by atoms with Gasteiger partial charge in [0.25, 0.3) is 5.12 Å². The summed E-state index contributed by atoms with van der Waals surface area (Å²) in [6.45, 7) is 1.09. The molecule has 8 heteroatoms. The molecule has 0 N–H and O–H groups in total. The third kappa shape index (κ3) is 4.57. The summed E-state index contributed by atoms with van der Waals surface area (Å²) in [5, 5.41) is -1.62. The second kappa shape index (κ2) is 6.27. The molecular formula is C9H7NaO6S. The van der Waals surface area contributed by atoms with Crippen LogP contribution in [0.3, 0.4) is 0 Å². The molecule has 0 radical (unpaired) electrons. The first-order valence-electron chi connectivity index (χ1n) is 4.10. The third-order valence-corrected chi connectivity index (χ3v) is 2.26. The van der Waals surface area contributed by atoms with E-state index in [1.54, 1.807) is 0 Å². The standard InChI is InChI=1S/C9H8O6S.Na/c1-6(10)15-8-5-3-2-4-7(8)9(11)16(12,13)14;/h2-5H,1H3,(H,12,13,14);/q;+1/p-1. The van der Waals surface area contributed by atoms with E-state index in [0.717, 1.165) is 13.0 Å². The van der Waals surface area contributed by atoms with Crippen LogP contribution >= 0.6 is 0 Å². The van der Waals surface area contributed by atoms with E-state index in [9.17, 15) is 22.6 Å². The van der Waals surface area contributed by atoms with Crippen LogP contribution < -0.4 is 34.3 Å². The number of ether oxygens (including phenoxy) is 1. The van der Waals surface area contributed by atoms with Crippen molar-refractivity contribution in [2.45, 2.75) is 6.92 Å². The molecule has 6 nitrogen and oxygen atoms in total. The molecule has 17 heavy (non-hydrogen) atoms.